The SMILES string of the molecule is CC[C@H](CO)[C@@H](O)[C@@H](O)CNc1nc(N)nc(Cl)c1/C=C/c1ccccc1C. The lowest BCUT2D eigenvalue weighted by molar-refractivity contribution is -0.0269. The number of nitrogens with zero attached hydrogens (tertiary/aromatic N) is 2. The first kappa shape index (κ1) is 22.1. The van der Waals surface area contributed by atoms with Crippen LogP contribution in [0.25, 0.3) is 12.2 Å². The Kier molecular flexibility index (Phi) is 8.19. The zero-order valence-corrected chi connectivity index (χ0v) is 16.8. The third-order valence-electron chi connectivity index (χ3n) is 4.65. The zero-order chi connectivity index (χ0) is 20.7. The number of rotatable bonds is 9. The van der Waals surface area contributed by atoms with Crippen molar-refractivity contribution in [3.8, 4) is 0 Å². The van der Waals surface area contributed by atoms with Gasteiger partial charge in [0.25, 0.3) is 0 Å². The summed E-state index contributed by atoms with van der Waals surface area (Å²) in [6, 6.07) is 7.88. The van der Waals surface area contributed by atoms with Gasteiger partial charge in [-0.2, -0.15) is 4.98 Å². The molecule has 0 saturated heterocycles. The van der Waals surface area contributed by atoms with Crippen LogP contribution in [0.2, 0.25) is 5.15 Å². The average Bonchev–Trinajstić information content (AvgIpc) is 2.67. The number of hydrogen-bond donors (Lipinski definition) is 5. The van der Waals surface area contributed by atoms with Crippen molar-refractivity contribution in [1.29, 1.82) is 0 Å². The Balaban J connectivity index is 2.21. The molecular weight excluding hydrogens is 380 g/mol. The molecule has 6 N–H and O–H groups in total. The fourth-order valence-corrected chi connectivity index (χ4v) is 3.04. The van der Waals surface area contributed by atoms with Gasteiger partial charge in [0.05, 0.1) is 17.8 Å². The molecule has 0 radical (unpaired) electrons. The Morgan fingerprint density at radius 2 is 1.93 bits per heavy atom. The standard InChI is InChI=1S/C20H27ClN4O3/c1-3-13(11-26)17(28)16(27)10-23-19-15(18(21)24-20(22)25-19)9-8-14-7-5-4-6-12(14)2/h4-9,13,16-17,26-28H,3,10-11H2,1-2H3,(H3,22,23,24,25)/b9-8+/t13-,16+,17-/m1/s1. The third kappa shape index (κ3) is 5.65. The van der Waals surface area contributed by atoms with Crippen LogP contribution in [0.5, 0.6) is 0 Å². The predicted molar refractivity (Wildman–Crippen MR) is 113 cm³/mol. The number of nitrogen functional groups attached to an aromatic ring is 1. The summed E-state index contributed by atoms with van der Waals surface area (Å²) in [7, 11) is 0. The molecule has 0 saturated carbocycles. The number of aliphatic hydroxyl groups excluding tert-OH is 3. The van der Waals surface area contributed by atoms with Gasteiger partial charge in [-0.1, -0.05) is 48.9 Å². The summed E-state index contributed by atoms with van der Waals surface area (Å²) in [5.74, 6) is -0.0562. The normalized spacial score (nSPS) is 14.8. The highest BCUT2D eigenvalue weighted by Crippen LogP contribution is 2.25. The van der Waals surface area contributed by atoms with Crippen LogP contribution in [-0.2, 0) is 0 Å². The largest absolute Gasteiger partial charge is 0.396 e. The molecule has 0 fully saturated rings. The Morgan fingerprint density at radius 1 is 1.21 bits per heavy atom. The number of aromatic nitrogens is 2. The van der Waals surface area contributed by atoms with E-state index >= 15 is 0 Å². The minimum atomic E-state index is -1.10. The number of nitrogens with one attached hydrogen (secondary N) is 1. The van der Waals surface area contributed by atoms with E-state index in [2.05, 4.69) is 15.3 Å². The lowest BCUT2D eigenvalue weighted by Gasteiger charge is -2.25. The summed E-state index contributed by atoms with van der Waals surface area (Å²) in [6.45, 7) is 3.65. The van der Waals surface area contributed by atoms with Crippen LogP contribution in [0, 0.1) is 12.8 Å². The van der Waals surface area contributed by atoms with Gasteiger partial charge in [-0.3, -0.25) is 0 Å². The molecule has 152 valence electrons. The Morgan fingerprint density at radius 3 is 2.57 bits per heavy atom. The summed E-state index contributed by atoms with van der Waals surface area (Å²) in [4.78, 5) is 8.14. The minimum absolute atomic E-state index is 0.00243. The molecular formula is C20H27ClN4O3. The van der Waals surface area contributed by atoms with Crippen molar-refractivity contribution in [3.63, 3.8) is 0 Å². The Bertz CT molecular complexity index is 812. The molecule has 3 atom stereocenters. The second-order valence-electron chi connectivity index (χ2n) is 6.61. The third-order valence-corrected chi connectivity index (χ3v) is 4.94. The van der Waals surface area contributed by atoms with Crippen molar-refractivity contribution < 1.29 is 15.3 Å². The van der Waals surface area contributed by atoms with E-state index in [9.17, 15) is 15.3 Å². The van der Waals surface area contributed by atoms with Gasteiger partial charge in [0.2, 0.25) is 5.95 Å². The Labute approximate surface area is 169 Å². The maximum Gasteiger partial charge on any atom is 0.223 e. The van der Waals surface area contributed by atoms with Crippen LogP contribution < -0.4 is 11.1 Å². The van der Waals surface area contributed by atoms with Crippen molar-refractivity contribution in [3.05, 3.63) is 46.1 Å². The van der Waals surface area contributed by atoms with Crippen LogP contribution >= 0.6 is 11.6 Å². The van der Waals surface area contributed by atoms with E-state index in [0.29, 0.717) is 17.8 Å². The number of benzene rings is 1. The molecule has 8 heteroatoms. The van der Waals surface area contributed by atoms with Crippen LogP contribution in [0.4, 0.5) is 11.8 Å². The number of anilines is 2. The molecule has 1 aromatic heterocycles. The number of aryl methyl sites for hydroxylation is 1. The monoisotopic (exact) mass is 406 g/mol. The molecule has 0 amide bonds. The van der Waals surface area contributed by atoms with Crippen LogP contribution in [0.1, 0.15) is 30.0 Å². The first-order valence-corrected chi connectivity index (χ1v) is 9.52. The maximum absolute atomic E-state index is 10.2. The summed E-state index contributed by atoms with van der Waals surface area (Å²) in [5, 5.41) is 32.8. The van der Waals surface area contributed by atoms with E-state index in [1.807, 2.05) is 44.2 Å². The van der Waals surface area contributed by atoms with Crippen molar-refractivity contribution in [2.24, 2.45) is 5.92 Å². The topological polar surface area (TPSA) is 125 Å². The summed E-state index contributed by atoms with van der Waals surface area (Å²) < 4.78 is 0. The van der Waals surface area contributed by atoms with Crippen molar-refractivity contribution >= 4 is 35.5 Å². The van der Waals surface area contributed by atoms with Crippen molar-refractivity contribution in [2.45, 2.75) is 32.5 Å². The van der Waals surface area contributed by atoms with Gasteiger partial charge in [0.15, 0.2) is 0 Å². The van der Waals surface area contributed by atoms with Gasteiger partial charge in [-0.15, -0.1) is 0 Å². The van der Waals surface area contributed by atoms with Gasteiger partial charge in [-0.05, 0) is 30.5 Å². The van der Waals surface area contributed by atoms with E-state index in [1.54, 1.807) is 6.08 Å². The number of aliphatic hydroxyl groups is 3. The quantitative estimate of drug-likeness (QED) is 0.405. The average molecular weight is 407 g/mol. The first-order chi connectivity index (χ1) is 13.4. The van der Waals surface area contributed by atoms with Crippen LogP contribution in [0.15, 0.2) is 24.3 Å². The number of nitrogens with two attached hydrogens (primary N) is 1. The molecule has 1 aromatic carbocycles. The number of hydrogen-bond acceptors (Lipinski definition) is 7. The summed E-state index contributed by atoms with van der Waals surface area (Å²) in [5.41, 5.74) is 8.35. The molecule has 28 heavy (non-hydrogen) atoms. The van der Waals surface area contributed by atoms with E-state index in [0.717, 1.165) is 11.1 Å². The van der Waals surface area contributed by atoms with Crippen molar-refractivity contribution in [1.82, 2.24) is 9.97 Å². The molecule has 0 spiro atoms. The van der Waals surface area contributed by atoms with Gasteiger partial charge in [-0.25, -0.2) is 4.98 Å². The van der Waals surface area contributed by atoms with E-state index < -0.39 is 18.1 Å². The molecule has 0 unspecified atom stereocenters. The second kappa shape index (κ2) is 10.4. The summed E-state index contributed by atoms with van der Waals surface area (Å²) in [6.07, 6.45) is 2.05. The van der Waals surface area contributed by atoms with E-state index in [1.165, 1.54) is 0 Å². The number of halogens is 1. The fraction of sp³-hybridized carbons (Fsp3) is 0.400. The highest BCUT2D eigenvalue weighted by Gasteiger charge is 2.25. The van der Waals surface area contributed by atoms with E-state index in [-0.39, 0.29) is 24.3 Å². The smallest absolute Gasteiger partial charge is 0.223 e. The van der Waals surface area contributed by atoms with Crippen LogP contribution in [-0.4, -0.2) is 50.6 Å². The van der Waals surface area contributed by atoms with E-state index in [4.69, 9.17) is 17.3 Å². The molecule has 7 nitrogen and oxygen atoms in total. The highest BCUT2D eigenvalue weighted by atomic mass is 35.5. The molecule has 0 bridgehead atoms. The van der Waals surface area contributed by atoms with Gasteiger partial charge in [0.1, 0.15) is 11.0 Å². The second-order valence-corrected chi connectivity index (χ2v) is 6.97. The molecule has 1 heterocycles. The lowest BCUT2D eigenvalue weighted by atomic mass is 9.96. The Hall–Kier alpha value is -2.19. The van der Waals surface area contributed by atoms with Gasteiger partial charge < -0.3 is 26.4 Å². The van der Waals surface area contributed by atoms with Gasteiger partial charge >= 0.3 is 0 Å². The maximum atomic E-state index is 10.2. The predicted octanol–water partition coefficient (Wildman–Crippen LogP) is 2.34. The molecule has 2 rings (SSSR count). The molecule has 0 aliphatic rings. The molecule has 0 aliphatic heterocycles. The summed E-state index contributed by atoms with van der Waals surface area (Å²) >= 11 is 6.25. The fourth-order valence-electron chi connectivity index (χ4n) is 2.80. The first-order valence-electron chi connectivity index (χ1n) is 9.14. The minimum Gasteiger partial charge on any atom is -0.396 e. The molecule has 2 aromatic rings. The van der Waals surface area contributed by atoms with Crippen molar-refractivity contribution in [2.75, 3.05) is 24.2 Å². The highest BCUT2D eigenvalue weighted by molar-refractivity contribution is 6.31. The van der Waals surface area contributed by atoms with Gasteiger partial charge in [0, 0.05) is 19.1 Å². The molecule has 0 aliphatic carbocycles. The van der Waals surface area contributed by atoms with Crippen LogP contribution in [0.3, 0.4) is 0 Å². The lowest BCUT2D eigenvalue weighted by Crippen LogP contribution is -2.39. The zero-order valence-electron chi connectivity index (χ0n) is 16.0.